The number of nitrogens with one attached hydrogen (secondary N) is 1. The molecule has 118 valence electrons. The minimum atomic E-state index is 0.355. The van der Waals surface area contributed by atoms with E-state index in [0.29, 0.717) is 18.0 Å². The molecule has 0 spiro atoms. The van der Waals surface area contributed by atoms with Gasteiger partial charge in [0.15, 0.2) is 0 Å². The molecule has 0 bridgehead atoms. The highest BCUT2D eigenvalue weighted by molar-refractivity contribution is 5.76. The maximum Gasteiger partial charge on any atom is 0.222 e. The van der Waals surface area contributed by atoms with Crippen LogP contribution in [0, 0.1) is 0 Å². The number of hydrogen-bond acceptors (Lipinski definition) is 2. The fourth-order valence-corrected chi connectivity index (χ4v) is 3.22. The first kappa shape index (κ1) is 17.5. The van der Waals surface area contributed by atoms with Gasteiger partial charge in [-0.3, -0.25) is 4.79 Å². The van der Waals surface area contributed by atoms with Gasteiger partial charge in [-0.15, -0.1) is 0 Å². The van der Waals surface area contributed by atoms with Crippen LogP contribution >= 0.6 is 0 Å². The topological polar surface area (TPSA) is 32.3 Å². The SMILES string of the molecule is CCCCCCCC(=O)N(C)C1CCC(NCC)CC1. The summed E-state index contributed by atoms with van der Waals surface area (Å²) < 4.78 is 0. The fraction of sp³-hybridized carbons (Fsp3) is 0.941. The Hall–Kier alpha value is -0.570. The summed E-state index contributed by atoms with van der Waals surface area (Å²) >= 11 is 0. The third-order valence-electron chi connectivity index (χ3n) is 4.62. The van der Waals surface area contributed by atoms with Crippen molar-refractivity contribution in [1.82, 2.24) is 10.2 Å². The maximum atomic E-state index is 12.2. The van der Waals surface area contributed by atoms with E-state index in [4.69, 9.17) is 0 Å². The van der Waals surface area contributed by atoms with Crippen molar-refractivity contribution < 1.29 is 4.79 Å². The first-order valence-corrected chi connectivity index (χ1v) is 8.68. The largest absolute Gasteiger partial charge is 0.343 e. The third kappa shape index (κ3) is 6.25. The van der Waals surface area contributed by atoms with Crippen LogP contribution in [0.2, 0.25) is 0 Å². The van der Waals surface area contributed by atoms with Crippen LogP contribution in [0.1, 0.15) is 78.1 Å². The number of carbonyl (C=O) groups is 1. The molecule has 0 aromatic heterocycles. The lowest BCUT2D eigenvalue weighted by molar-refractivity contribution is -0.132. The number of hydrogen-bond donors (Lipinski definition) is 1. The third-order valence-corrected chi connectivity index (χ3v) is 4.62. The zero-order chi connectivity index (χ0) is 14.8. The molecule has 1 saturated carbocycles. The molecule has 1 aliphatic rings. The molecule has 0 unspecified atom stereocenters. The van der Waals surface area contributed by atoms with E-state index in [1.165, 1.54) is 38.5 Å². The van der Waals surface area contributed by atoms with Gasteiger partial charge in [0.1, 0.15) is 0 Å². The molecule has 1 aliphatic carbocycles. The van der Waals surface area contributed by atoms with Crippen LogP contribution in [0.15, 0.2) is 0 Å². The smallest absolute Gasteiger partial charge is 0.222 e. The Bertz CT molecular complexity index is 260. The second-order valence-electron chi connectivity index (χ2n) is 6.23. The van der Waals surface area contributed by atoms with Gasteiger partial charge in [0.2, 0.25) is 5.91 Å². The Balaban J connectivity index is 2.17. The monoisotopic (exact) mass is 282 g/mol. The number of rotatable bonds is 9. The van der Waals surface area contributed by atoms with E-state index in [1.54, 1.807) is 0 Å². The zero-order valence-corrected chi connectivity index (χ0v) is 13.8. The highest BCUT2D eigenvalue weighted by atomic mass is 16.2. The standard InChI is InChI=1S/C17H34N2O/c1-4-6-7-8-9-10-17(20)19(3)16-13-11-15(12-14-16)18-5-2/h15-16,18H,4-14H2,1-3H3. The van der Waals surface area contributed by atoms with Gasteiger partial charge in [-0.1, -0.05) is 39.5 Å². The summed E-state index contributed by atoms with van der Waals surface area (Å²) in [6.07, 6.45) is 11.6. The molecular formula is C17H34N2O. The van der Waals surface area contributed by atoms with Crippen molar-refractivity contribution in [1.29, 1.82) is 0 Å². The predicted molar refractivity (Wildman–Crippen MR) is 85.9 cm³/mol. The van der Waals surface area contributed by atoms with E-state index < -0.39 is 0 Å². The highest BCUT2D eigenvalue weighted by Gasteiger charge is 2.25. The molecule has 0 aliphatic heterocycles. The molecule has 0 aromatic rings. The average molecular weight is 282 g/mol. The van der Waals surface area contributed by atoms with Crippen LogP contribution in [0.5, 0.6) is 0 Å². The predicted octanol–water partition coefficient (Wildman–Crippen LogP) is 3.73. The lowest BCUT2D eigenvalue weighted by Crippen LogP contribution is -2.43. The summed E-state index contributed by atoms with van der Waals surface area (Å²) in [7, 11) is 2.01. The normalized spacial score (nSPS) is 22.8. The summed E-state index contributed by atoms with van der Waals surface area (Å²) in [4.78, 5) is 14.2. The Morgan fingerprint density at radius 2 is 1.70 bits per heavy atom. The number of amides is 1. The Morgan fingerprint density at radius 3 is 2.30 bits per heavy atom. The van der Waals surface area contributed by atoms with Crippen LogP contribution in [-0.4, -0.2) is 36.5 Å². The zero-order valence-electron chi connectivity index (χ0n) is 13.8. The van der Waals surface area contributed by atoms with Gasteiger partial charge in [0.25, 0.3) is 0 Å². The van der Waals surface area contributed by atoms with Gasteiger partial charge >= 0.3 is 0 Å². The number of carbonyl (C=O) groups excluding carboxylic acids is 1. The van der Waals surface area contributed by atoms with E-state index in [-0.39, 0.29) is 0 Å². The Kier molecular flexibility index (Phi) is 8.92. The van der Waals surface area contributed by atoms with Gasteiger partial charge in [-0.2, -0.15) is 0 Å². The van der Waals surface area contributed by atoms with Crippen molar-refractivity contribution in [2.45, 2.75) is 90.1 Å². The van der Waals surface area contributed by atoms with E-state index in [1.807, 2.05) is 11.9 Å². The molecular weight excluding hydrogens is 248 g/mol. The molecule has 0 aromatic carbocycles. The van der Waals surface area contributed by atoms with Crippen molar-refractivity contribution in [3.05, 3.63) is 0 Å². The van der Waals surface area contributed by atoms with E-state index >= 15 is 0 Å². The second-order valence-corrected chi connectivity index (χ2v) is 6.23. The van der Waals surface area contributed by atoms with Crippen molar-refractivity contribution in [3.63, 3.8) is 0 Å². The Morgan fingerprint density at radius 1 is 1.05 bits per heavy atom. The molecule has 0 heterocycles. The highest BCUT2D eigenvalue weighted by Crippen LogP contribution is 2.23. The van der Waals surface area contributed by atoms with Crippen LogP contribution in [0.4, 0.5) is 0 Å². The van der Waals surface area contributed by atoms with Crippen LogP contribution < -0.4 is 5.32 Å². The fourth-order valence-electron chi connectivity index (χ4n) is 3.22. The summed E-state index contributed by atoms with van der Waals surface area (Å²) in [6, 6.07) is 1.15. The molecule has 0 saturated heterocycles. The first-order valence-electron chi connectivity index (χ1n) is 8.68. The van der Waals surface area contributed by atoms with Crippen molar-refractivity contribution in [2.75, 3.05) is 13.6 Å². The second kappa shape index (κ2) is 10.2. The lowest BCUT2D eigenvalue weighted by Gasteiger charge is -2.35. The van der Waals surface area contributed by atoms with Crippen LogP contribution in [0.3, 0.4) is 0 Å². The van der Waals surface area contributed by atoms with Gasteiger partial charge in [-0.05, 0) is 38.6 Å². The summed E-state index contributed by atoms with van der Waals surface area (Å²) in [5, 5.41) is 3.52. The van der Waals surface area contributed by atoms with Crippen LogP contribution in [-0.2, 0) is 4.79 Å². The van der Waals surface area contributed by atoms with Gasteiger partial charge in [0.05, 0.1) is 0 Å². The molecule has 0 radical (unpaired) electrons. The van der Waals surface area contributed by atoms with E-state index in [9.17, 15) is 4.79 Å². The van der Waals surface area contributed by atoms with Gasteiger partial charge < -0.3 is 10.2 Å². The molecule has 3 heteroatoms. The van der Waals surface area contributed by atoms with Crippen LogP contribution in [0.25, 0.3) is 0 Å². The molecule has 1 N–H and O–H groups in total. The van der Waals surface area contributed by atoms with Gasteiger partial charge in [-0.25, -0.2) is 0 Å². The summed E-state index contributed by atoms with van der Waals surface area (Å²) in [6.45, 7) is 5.45. The van der Waals surface area contributed by atoms with Crippen molar-refractivity contribution in [2.24, 2.45) is 0 Å². The minimum absolute atomic E-state index is 0.355. The molecule has 1 rings (SSSR count). The Labute approximate surface area is 125 Å². The minimum Gasteiger partial charge on any atom is -0.343 e. The van der Waals surface area contributed by atoms with Gasteiger partial charge in [0, 0.05) is 25.6 Å². The molecule has 1 amide bonds. The molecule has 0 atom stereocenters. The molecule has 1 fully saturated rings. The summed E-state index contributed by atoms with van der Waals surface area (Å²) in [5.74, 6) is 0.355. The first-order chi connectivity index (χ1) is 9.69. The van der Waals surface area contributed by atoms with E-state index in [0.717, 1.165) is 32.2 Å². The number of unbranched alkanes of at least 4 members (excludes halogenated alkanes) is 4. The molecule has 20 heavy (non-hydrogen) atoms. The maximum absolute atomic E-state index is 12.2. The summed E-state index contributed by atoms with van der Waals surface area (Å²) in [5.41, 5.74) is 0. The quantitative estimate of drug-likeness (QED) is 0.654. The average Bonchev–Trinajstić information content (AvgIpc) is 2.47. The van der Waals surface area contributed by atoms with Crippen molar-refractivity contribution >= 4 is 5.91 Å². The number of nitrogens with zero attached hydrogens (tertiary/aromatic N) is 1. The van der Waals surface area contributed by atoms with E-state index in [2.05, 4.69) is 19.2 Å². The lowest BCUT2D eigenvalue weighted by atomic mass is 9.90. The van der Waals surface area contributed by atoms with Crippen molar-refractivity contribution in [3.8, 4) is 0 Å². The molecule has 3 nitrogen and oxygen atoms in total.